The summed E-state index contributed by atoms with van der Waals surface area (Å²) in [4.78, 5) is 12.7. The van der Waals surface area contributed by atoms with E-state index in [0.717, 1.165) is 22.5 Å². The maximum Gasteiger partial charge on any atom is 0.275 e. The van der Waals surface area contributed by atoms with Crippen molar-refractivity contribution >= 4 is 0 Å². The molecule has 0 radical (unpaired) electrons. The molecule has 0 saturated heterocycles. The lowest BCUT2D eigenvalue weighted by molar-refractivity contribution is 0.848. The largest absolute Gasteiger partial charge is 0.290 e. The lowest BCUT2D eigenvalue weighted by Gasteiger charge is -2.03. The van der Waals surface area contributed by atoms with Crippen molar-refractivity contribution in [1.82, 2.24) is 9.78 Å². The number of aryl methyl sites for hydroxylation is 2. The van der Waals surface area contributed by atoms with Crippen molar-refractivity contribution in [3.05, 3.63) is 75.6 Å². The summed E-state index contributed by atoms with van der Waals surface area (Å²) in [7, 11) is 0. The molecule has 3 rings (SSSR count). The zero-order chi connectivity index (χ0) is 15.7. The van der Waals surface area contributed by atoms with E-state index in [1.807, 2.05) is 50.2 Å². The summed E-state index contributed by atoms with van der Waals surface area (Å²) >= 11 is 0. The van der Waals surface area contributed by atoms with Crippen LogP contribution in [0, 0.1) is 13.8 Å². The van der Waals surface area contributed by atoms with E-state index >= 15 is 0 Å². The second-order valence-corrected chi connectivity index (χ2v) is 5.66. The predicted octanol–water partition coefficient (Wildman–Crippen LogP) is 4.01. The van der Waals surface area contributed by atoms with Crippen molar-refractivity contribution in [2.24, 2.45) is 0 Å². The number of hydrogen-bond donors (Lipinski definition) is 1. The fourth-order valence-corrected chi connectivity index (χ4v) is 2.71. The third-order valence-electron chi connectivity index (χ3n) is 3.94. The minimum atomic E-state index is 0.0304. The SMILES string of the molecule is CCc1c(-c2cccc(C)c2)[nH]n(-c2ccc(C)cc2)c1=O. The first-order valence-electron chi connectivity index (χ1n) is 7.58. The molecule has 112 valence electrons. The normalized spacial score (nSPS) is 10.9. The van der Waals surface area contributed by atoms with Gasteiger partial charge in [0.15, 0.2) is 0 Å². The maximum absolute atomic E-state index is 12.7. The minimum Gasteiger partial charge on any atom is -0.290 e. The Kier molecular flexibility index (Phi) is 3.72. The topological polar surface area (TPSA) is 37.8 Å². The van der Waals surface area contributed by atoms with E-state index in [4.69, 9.17) is 0 Å². The third kappa shape index (κ3) is 2.50. The van der Waals surface area contributed by atoms with E-state index in [2.05, 4.69) is 24.2 Å². The monoisotopic (exact) mass is 292 g/mol. The number of aromatic amines is 1. The van der Waals surface area contributed by atoms with Crippen LogP contribution in [0.2, 0.25) is 0 Å². The first-order chi connectivity index (χ1) is 10.6. The average Bonchev–Trinajstić information content (AvgIpc) is 2.85. The molecule has 3 aromatic rings. The molecule has 0 aliphatic rings. The van der Waals surface area contributed by atoms with E-state index < -0.39 is 0 Å². The zero-order valence-electron chi connectivity index (χ0n) is 13.2. The van der Waals surface area contributed by atoms with Crippen LogP contribution in [-0.4, -0.2) is 9.78 Å². The Morgan fingerprint density at radius 1 is 1.00 bits per heavy atom. The molecule has 0 bridgehead atoms. The van der Waals surface area contributed by atoms with Gasteiger partial charge in [-0.2, -0.15) is 0 Å². The Labute approximate surface area is 130 Å². The van der Waals surface area contributed by atoms with Crippen LogP contribution in [0.5, 0.6) is 0 Å². The molecule has 0 spiro atoms. The Hall–Kier alpha value is -2.55. The smallest absolute Gasteiger partial charge is 0.275 e. The molecular weight excluding hydrogens is 272 g/mol. The molecule has 1 aromatic heterocycles. The Morgan fingerprint density at radius 2 is 1.73 bits per heavy atom. The second kappa shape index (κ2) is 5.68. The molecule has 0 fully saturated rings. The Bertz CT molecular complexity index is 854. The molecule has 1 heterocycles. The number of benzene rings is 2. The van der Waals surface area contributed by atoms with Crippen molar-refractivity contribution in [1.29, 1.82) is 0 Å². The van der Waals surface area contributed by atoms with Gasteiger partial charge in [-0.05, 0) is 38.5 Å². The molecule has 0 aliphatic heterocycles. The lowest BCUT2D eigenvalue weighted by Crippen LogP contribution is -2.16. The first-order valence-corrected chi connectivity index (χ1v) is 7.58. The molecule has 3 heteroatoms. The number of aromatic nitrogens is 2. The van der Waals surface area contributed by atoms with E-state index in [-0.39, 0.29) is 5.56 Å². The molecule has 2 aromatic carbocycles. The van der Waals surface area contributed by atoms with Crippen LogP contribution in [0.25, 0.3) is 16.9 Å². The summed E-state index contributed by atoms with van der Waals surface area (Å²) in [6.07, 6.45) is 0.706. The van der Waals surface area contributed by atoms with Crippen LogP contribution >= 0.6 is 0 Å². The third-order valence-corrected chi connectivity index (χ3v) is 3.94. The second-order valence-electron chi connectivity index (χ2n) is 5.66. The maximum atomic E-state index is 12.7. The molecule has 0 saturated carbocycles. The van der Waals surface area contributed by atoms with Gasteiger partial charge in [-0.25, -0.2) is 4.68 Å². The summed E-state index contributed by atoms with van der Waals surface area (Å²) in [5.41, 5.74) is 6.05. The Balaban J connectivity index is 2.19. The van der Waals surface area contributed by atoms with E-state index in [0.29, 0.717) is 6.42 Å². The van der Waals surface area contributed by atoms with Gasteiger partial charge in [0.1, 0.15) is 0 Å². The van der Waals surface area contributed by atoms with E-state index in [1.54, 1.807) is 4.68 Å². The first kappa shape index (κ1) is 14.4. The van der Waals surface area contributed by atoms with Gasteiger partial charge in [-0.1, -0.05) is 48.4 Å². The summed E-state index contributed by atoms with van der Waals surface area (Å²) < 4.78 is 1.63. The molecule has 0 atom stereocenters. The minimum absolute atomic E-state index is 0.0304. The molecule has 0 amide bonds. The molecule has 0 unspecified atom stereocenters. The fraction of sp³-hybridized carbons (Fsp3) is 0.211. The highest BCUT2D eigenvalue weighted by Gasteiger charge is 2.15. The van der Waals surface area contributed by atoms with Crippen molar-refractivity contribution in [3.8, 4) is 16.9 Å². The fourth-order valence-electron chi connectivity index (χ4n) is 2.71. The molecule has 22 heavy (non-hydrogen) atoms. The van der Waals surface area contributed by atoms with Gasteiger partial charge in [0, 0.05) is 11.1 Å². The van der Waals surface area contributed by atoms with Gasteiger partial charge in [-0.3, -0.25) is 9.89 Å². The summed E-state index contributed by atoms with van der Waals surface area (Å²) in [5.74, 6) is 0. The predicted molar refractivity (Wildman–Crippen MR) is 90.7 cm³/mol. The van der Waals surface area contributed by atoms with Crippen molar-refractivity contribution in [3.63, 3.8) is 0 Å². The van der Waals surface area contributed by atoms with Gasteiger partial charge >= 0.3 is 0 Å². The van der Waals surface area contributed by atoms with Gasteiger partial charge in [-0.15, -0.1) is 0 Å². The van der Waals surface area contributed by atoms with Crippen LogP contribution in [0.4, 0.5) is 0 Å². The molecule has 1 N–H and O–H groups in total. The average molecular weight is 292 g/mol. The van der Waals surface area contributed by atoms with Crippen LogP contribution in [-0.2, 0) is 6.42 Å². The molecule has 3 nitrogen and oxygen atoms in total. The highest BCUT2D eigenvalue weighted by molar-refractivity contribution is 5.64. The highest BCUT2D eigenvalue weighted by atomic mass is 16.1. The van der Waals surface area contributed by atoms with Crippen molar-refractivity contribution in [2.45, 2.75) is 27.2 Å². The van der Waals surface area contributed by atoms with Gasteiger partial charge in [0.2, 0.25) is 0 Å². The standard InChI is InChI=1S/C19H20N2O/c1-4-17-18(15-7-5-6-14(3)12-15)20-21(19(17)22)16-10-8-13(2)9-11-16/h5-12,20H,4H2,1-3H3. The number of nitrogens with zero attached hydrogens (tertiary/aromatic N) is 1. The van der Waals surface area contributed by atoms with Crippen LogP contribution < -0.4 is 5.56 Å². The number of nitrogens with one attached hydrogen (secondary N) is 1. The molecule has 0 aliphatic carbocycles. The lowest BCUT2D eigenvalue weighted by atomic mass is 10.0. The van der Waals surface area contributed by atoms with Gasteiger partial charge < -0.3 is 0 Å². The van der Waals surface area contributed by atoms with Gasteiger partial charge in [0.05, 0.1) is 11.4 Å². The van der Waals surface area contributed by atoms with Crippen LogP contribution in [0.1, 0.15) is 23.6 Å². The number of hydrogen-bond acceptors (Lipinski definition) is 1. The summed E-state index contributed by atoms with van der Waals surface area (Å²) in [5, 5.41) is 3.28. The number of rotatable bonds is 3. The zero-order valence-corrected chi connectivity index (χ0v) is 13.2. The number of H-pyrrole nitrogens is 1. The van der Waals surface area contributed by atoms with Crippen LogP contribution in [0.15, 0.2) is 53.3 Å². The van der Waals surface area contributed by atoms with Gasteiger partial charge in [0.25, 0.3) is 5.56 Å². The van der Waals surface area contributed by atoms with E-state index in [9.17, 15) is 4.79 Å². The van der Waals surface area contributed by atoms with Crippen LogP contribution in [0.3, 0.4) is 0 Å². The van der Waals surface area contributed by atoms with E-state index in [1.165, 1.54) is 11.1 Å². The quantitative estimate of drug-likeness (QED) is 0.778. The summed E-state index contributed by atoms with van der Waals surface area (Å²) in [6.45, 7) is 6.12. The highest BCUT2D eigenvalue weighted by Crippen LogP contribution is 2.22. The Morgan fingerprint density at radius 3 is 2.36 bits per heavy atom. The summed E-state index contributed by atoms with van der Waals surface area (Å²) in [6, 6.07) is 16.2. The molecular formula is C19H20N2O. The van der Waals surface area contributed by atoms with Crippen molar-refractivity contribution in [2.75, 3.05) is 0 Å². The van der Waals surface area contributed by atoms with Crippen molar-refractivity contribution < 1.29 is 0 Å².